The summed E-state index contributed by atoms with van der Waals surface area (Å²) in [6.07, 6.45) is 0.949. The van der Waals surface area contributed by atoms with E-state index in [1.165, 1.54) is 0 Å². The average molecular weight is 468 g/mol. The molecule has 0 atom stereocenters. The Morgan fingerprint density at radius 3 is 2.38 bits per heavy atom. The summed E-state index contributed by atoms with van der Waals surface area (Å²) in [6.45, 7) is 1.66. The van der Waals surface area contributed by atoms with Crippen molar-refractivity contribution >= 4 is 40.1 Å². The Bertz CT molecular complexity index is 1190. The number of fused-ring (bicyclic) bond motifs is 1. The summed E-state index contributed by atoms with van der Waals surface area (Å²) in [5.41, 5.74) is 2.91. The molecule has 5 nitrogen and oxygen atoms in total. The third-order valence-electron chi connectivity index (χ3n) is 5.08. The number of imidazole rings is 1. The number of aromatic nitrogens is 2. The van der Waals surface area contributed by atoms with Gasteiger partial charge in [0.2, 0.25) is 5.91 Å². The number of amides is 1. The van der Waals surface area contributed by atoms with Crippen molar-refractivity contribution in [2.24, 2.45) is 0 Å². The van der Waals surface area contributed by atoms with Crippen molar-refractivity contribution in [2.75, 3.05) is 13.2 Å². The van der Waals surface area contributed by atoms with Crippen LogP contribution in [-0.2, 0) is 24.2 Å². The van der Waals surface area contributed by atoms with Gasteiger partial charge in [-0.1, -0.05) is 47.5 Å². The molecule has 1 aromatic heterocycles. The number of nitrogens with one attached hydrogen (secondary N) is 1. The molecule has 0 saturated heterocycles. The maximum absolute atomic E-state index is 12.3. The van der Waals surface area contributed by atoms with Crippen molar-refractivity contribution < 1.29 is 9.53 Å². The lowest BCUT2D eigenvalue weighted by atomic mass is 10.1. The molecular formula is C25H23Cl2N3O2. The van der Waals surface area contributed by atoms with Crippen LogP contribution in [0.1, 0.15) is 11.4 Å². The zero-order valence-electron chi connectivity index (χ0n) is 17.4. The SMILES string of the molecule is O=C(Cc1ccc(Cl)cc1)NCCc1nc2ccccc2n1CCOc1ccc(Cl)cc1. The monoisotopic (exact) mass is 467 g/mol. The van der Waals surface area contributed by atoms with E-state index < -0.39 is 0 Å². The summed E-state index contributed by atoms with van der Waals surface area (Å²) < 4.78 is 8.02. The number of hydrogen-bond donors (Lipinski definition) is 1. The topological polar surface area (TPSA) is 56.2 Å². The van der Waals surface area contributed by atoms with E-state index in [1.54, 1.807) is 12.1 Å². The van der Waals surface area contributed by atoms with Crippen molar-refractivity contribution in [3.8, 4) is 5.75 Å². The Morgan fingerprint density at radius 2 is 1.62 bits per heavy atom. The minimum Gasteiger partial charge on any atom is -0.492 e. The van der Waals surface area contributed by atoms with Crippen LogP contribution in [0.3, 0.4) is 0 Å². The van der Waals surface area contributed by atoms with Crippen LogP contribution in [0.25, 0.3) is 11.0 Å². The second-order valence-corrected chi connectivity index (χ2v) is 8.25. The lowest BCUT2D eigenvalue weighted by Crippen LogP contribution is -2.28. The van der Waals surface area contributed by atoms with Gasteiger partial charge in [-0.3, -0.25) is 4.79 Å². The highest BCUT2D eigenvalue weighted by Crippen LogP contribution is 2.18. The highest BCUT2D eigenvalue weighted by Gasteiger charge is 2.11. The van der Waals surface area contributed by atoms with Crippen molar-refractivity contribution in [1.82, 2.24) is 14.9 Å². The predicted octanol–water partition coefficient (Wildman–Crippen LogP) is 5.32. The number of carbonyl (C=O) groups excluding carboxylic acids is 1. The van der Waals surface area contributed by atoms with E-state index in [4.69, 9.17) is 32.9 Å². The summed E-state index contributed by atoms with van der Waals surface area (Å²) >= 11 is 11.8. The van der Waals surface area contributed by atoms with Crippen molar-refractivity contribution in [2.45, 2.75) is 19.4 Å². The van der Waals surface area contributed by atoms with Gasteiger partial charge in [-0.15, -0.1) is 0 Å². The molecule has 0 bridgehead atoms. The second kappa shape index (κ2) is 10.5. The van der Waals surface area contributed by atoms with Gasteiger partial charge < -0.3 is 14.6 Å². The molecule has 1 N–H and O–H groups in total. The third-order valence-corrected chi connectivity index (χ3v) is 5.58. The van der Waals surface area contributed by atoms with Crippen LogP contribution in [-0.4, -0.2) is 28.6 Å². The number of para-hydroxylation sites is 2. The fraction of sp³-hybridized carbons (Fsp3) is 0.200. The summed E-state index contributed by atoms with van der Waals surface area (Å²) in [4.78, 5) is 17.1. The molecule has 0 aliphatic carbocycles. The largest absolute Gasteiger partial charge is 0.492 e. The van der Waals surface area contributed by atoms with E-state index in [0.29, 0.717) is 42.6 Å². The Hall–Kier alpha value is -3.02. The fourth-order valence-electron chi connectivity index (χ4n) is 3.52. The van der Waals surface area contributed by atoms with Gasteiger partial charge in [-0.25, -0.2) is 4.98 Å². The van der Waals surface area contributed by atoms with Gasteiger partial charge in [0.15, 0.2) is 0 Å². The van der Waals surface area contributed by atoms with Gasteiger partial charge in [-0.2, -0.15) is 0 Å². The lowest BCUT2D eigenvalue weighted by molar-refractivity contribution is -0.120. The molecule has 0 aliphatic heterocycles. The number of rotatable bonds is 9. The van der Waals surface area contributed by atoms with E-state index in [2.05, 4.69) is 9.88 Å². The van der Waals surface area contributed by atoms with Crippen LogP contribution < -0.4 is 10.1 Å². The normalized spacial score (nSPS) is 10.9. The number of nitrogens with zero attached hydrogens (tertiary/aromatic N) is 2. The smallest absolute Gasteiger partial charge is 0.224 e. The van der Waals surface area contributed by atoms with Crippen molar-refractivity contribution in [1.29, 1.82) is 0 Å². The molecule has 4 aromatic rings. The number of hydrogen-bond acceptors (Lipinski definition) is 3. The molecule has 164 valence electrons. The van der Waals surface area contributed by atoms with Crippen LogP contribution in [0.15, 0.2) is 72.8 Å². The highest BCUT2D eigenvalue weighted by atomic mass is 35.5. The molecule has 0 radical (unpaired) electrons. The predicted molar refractivity (Wildman–Crippen MR) is 129 cm³/mol. The van der Waals surface area contributed by atoms with Gasteiger partial charge in [0.25, 0.3) is 0 Å². The van der Waals surface area contributed by atoms with Crippen LogP contribution in [0, 0.1) is 0 Å². The Balaban J connectivity index is 1.36. The summed E-state index contributed by atoms with van der Waals surface area (Å²) in [5.74, 6) is 1.66. The number of benzene rings is 3. The minimum absolute atomic E-state index is 0.0268. The Morgan fingerprint density at radius 1 is 0.938 bits per heavy atom. The van der Waals surface area contributed by atoms with E-state index in [0.717, 1.165) is 28.2 Å². The van der Waals surface area contributed by atoms with Gasteiger partial charge in [0.05, 0.1) is 24.0 Å². The van der Waals surface area contributed by atoms with Crippen LogP contribution in [0.2, 0.25) is 10.0 Å². The maximum atomic E-state index is 12.3. The molecule has 32 heavy (non-hydrogen) atoms. The van der Waals surface area contributed by atoms with Crippen LogP contribution in [0.4, 0.5) is 0 Å². The second-order valence-electron chi connectivity index (χ2n) is 7.37. The molecule has 3 aromatic carbocycles. The van der Waals surface area contributed by atoms with Crippen LogP contribution >= 0.6 is 23.2 Å². The first-order valence-electron chi connectivity index (χ1n) is 10.4. The number of carbonyl (C=O) groups is 1. The van der Waals surface area contributed by atoms with Gasteiger partial charge in [-0.05, 0) is 54.1 Å². The first kappa shape index (κ1) is 22.2. The minimum atomic E-state index is -0.0268. The van der Waals surface area contributed by atoms with E-state index in [9.17, 15) is 4.79 Å². The van der Waals surface area contributed by atoms with Gasteiger partial charge >= 0.3 is 0 Å². The first-order chi connectivity index (χ1) is 15.6. The van der Waals surface area contributed by atoms with Gasteiger partial charge in [0, 0.05) is 23.0 Å². The average Bonchev–Trinajstić information content (AvgIpc) is 3.14. The molecule has 0 aliphatic rings. The molecule has 0 saturated carbocycles. The third kappa shape index (κ3) is 5.81. The summed E-state index contributed by atoms with van der Waals surface area (Å²) in [5, 5.41) is 4.32. The number of ether oxygens (including phenoxy) is 1. The van der Waals surface area contributed by atoms with Gasteiger partial charge in [0.1, 0.15) is 18.2 Å². The van der Waals surface area contributed by atoms with Crippen molar-refractivity contribution in [3.63, 3.8) is 0 Å². The maximum Gasteiger partial charge on any atom is 0.224 e. The molecule has 0 fully saturated rings. The zero-order valence-corrected chi connectivity index (χ0v) is 18.9. The highest BCUT2D eigenvalue weighted by molar-refractivity contribution is 6.30. The zero-order chi connectivity index (χ0) is 22.3. The first-order valence-corrected chi connectivity index (χ1v) is 11.2. The van der Waals surface area contributed by atoms with Crippen molar-refractivity contribution in [3.05, 3.63) is 94.2 Å². The molecular weight excluding hydrogens is 445 g/mol. The quantitative estimate of drug-likeness (QED) is 0.362. The number of halogens is 2. The summed E-state index contributed by atoms with van der Waals surface area (Å²) in [7, 11) is 0. The molecule has 1 amide bonds. The standard InChI is InChI=1S/C25H23Cl2N3O2/c26-19-7-5-18(6-8-19)17-25(31)28-14-13-24-29-22-3-1-2-4-23(22)30(24)15-16-32-21-11-9-20(27)10-12-21/h1-12H,13-17H2,(H,28,31). The Kier molecular flexibility index (Phi) is 7.30. The molecule has 4 rings (SSSR count). The summed E-state index contributed by atoms with van der Waals surface area (Å²) in [6, 6.07) is 22.6. The van der Waals surface area contributed by atoms with E-state index >= 15 is 0 Å². The molecule has 0 unspecified atom stereocenters. The fourth-order valence-corrected chi connectivity index (χ4v) is 3.77. The Labute approximate surface area is 196 Å². The van der Waals surface area contributed by atoms with E-state index in [-0.39, 0.29) is 5.91 Å². The lowest BCUT2D eigenvalue weighted by Gasteiger charge is -2.11. The van der Waals surface area contributed by atoms with Crippen LogP contribution in [0.5, 0.6) is 5.75 Å². The molecule has 0 spiro atoms. The molecule has 7 heteroatoms. The van der Waals surface area contributed by atoms with E-state index in [1.807, 2.05) is 60.7 Å². The molecule has 1 heterocycles.